The number of aromatic nitrogens is 5. The number of fused-ring (bicyclic) bond motifs is 1. The average Bonchev–Trinajstić information content (AvgIpc) is 3.56. The number of rotatable bonds is 10. The van der Waals surface area contributed by atoms with Crippen molar-refractivity contribution < 1.29 is 27.6 Å². The molecule has 1 aliphatic rings. The van der Waals surface area contributed by atoms with Crippen LogP contribution in [0.3, 0.4) is 0 Å². The molecular weight excluding hydrogens is 648 g/mol. The molecule has 0 aliphatic carbocycles. The van der Waals surface area contributed by atoms with Crippen molar-refractivity contribution in [3.63, 3.8) is 0 Å². The quantitative estimate of drug-likeness (QED) is 0.225. The van der Waals surface area contributed by atoms with Crippen molar-refractivity contribution in [3.8, 4) is 5.82 Å². The first kappa shape index (κ1) is 34.9. The smallest absolute Gasteiger partial charge is 0.339 e. The number of anilines is 1. The summed E-state index contributed by atoms with van der Waals surface area (Å²) >= 11 is 6.24. The first-order chi connectivity index (χ1) is 21.4. The molecule has 0 atom stereocenters. The Labute approximate surface area is 274 Å². The van der Waals surface area contributed by atoms with Crippen molar-refractivity contribution in [2.75, 3.05) is 38.0 Å². The molecule has 1 saturated heterocycles. The maximum Gasteiger partial charge on any atom is 0.390 e. The lowest BCUT2D eigenvalue weighted by Gasteiger charge is -2.35. The molecule has 0 unspecified atom stereocenters. The molecular formula is C30H33Cl2F3N8O3. The lowest BCUT2D eigenvalue weighted by molar-refractivity contribution is -0.141. The van der Waals surface area contributed by atoms with Crippen LogP contribution in [0.15, 0.2) is 42.7 Å². The van der Waals surface area contributed by atoms with Crippen LogP contribution < -0.4 is 5.32 Å². The van der Waals surface area contributed by atoms with Gasteiger partial charge >= 0.3 is 6.18 Å². The molecule has 246 valence electrons. The molecule has 4 aromatic rings. The third-order valence-electron chi connectivity index (χ3n) is 7.73. The zero-order valence-corrected chi connectivity index (χ0v) is 26.8. The van der Waals surface area contributed by atoms with Gasteiger partial charge in [-0.2, -0.15) is 18.3 Å². The number of hydrogen-bond acceptors (Lipinski definition) is 7. The Kier molecular flexibility index (Phi) is 11.1. The van der Waals surface area contributed by atoms with Gasteiger partial charge in [0.1, 0.15) is 6.54 Å². The number of Topliss-reactive ketones (excluding diaryl/α,β-unsaturated/α-hetero) is 1. The Hall–Kier alpha value is -4.01. The predicted octanol–water partition coefficient (Wildman–Crippen LogP) is 5.33. The van der Waals surface area contributed by atoms with Crippen LogP contribution in [0.2, 0.25) is 5.02 Å². The van der Waals surface area contributed by atoms with Crippen molar-refractivity contribution in [3.05, 3.63) is 64.6 Å². The molecule has 3 aromatic heterocycles. The number of nitrogens with zero attached hydrogens (tertiary/aromatic N) is 7. The van der Waals surface area contributed by atoms with Gasteiger partial charge in [-0.3, -0.25) is 19.3 Å². The molecule has 46 heavy (non-hydrogen) atoms. The summed E-state index contributed by atoms with van der Waals surface area (Å²) in [4.78, 5) is 42.2. The maximum atomic E-state index is 13.4. The van der Waals surface area contributed by atoms with E-state index >= 15 is 0 Å². The van der Waals surface area contributed by atoms with Crippen molar-refractivity contribution in [2.24, 2.45) is 0 Å². The standard InChI is InChI=1S/C30H32ClF3N8O3.ClH/c1-3-4-25(43)22-16-35-42(19(22)2)27-8-7-26(37-38-27)36-29(45)23-17-41(24-6-5-20(31)15-21(23)24)18-28(44)40-13-11-39(12-14-40)10-9-30(32,33)34;/h5-8,15-17H,3-4,9-14,18H2,1-2H3,(H,36,37,45);1H. The van der Waals surface area contributed by atoms with Crippen LogP contribution in [0, 0.1) is 6.92 Å². The number of amides is 2. The van der Waals surface area contributed by atoms with E-state index < -0.39 is 18.5 Å². The fraction of sp³-hybridized carbons (Fsp3) is 0.400. The van der Waals surface area contributed by atoms with Crippen LogP contribution in [0.1, 0.15) is 52.6 Å². The lowest BCUT2D eigenvalue weighted by atomic mass is 10.1. The molecule has 1 fully saturated rings. The highest BCUT2D eigenvalue weighted by Crippen LogP contribution is 2.27. The van der Waals surface area contributed by atoms with E-state index in [1.807, 2.05) is 6.92 Å². The summed E-state index contributed by atoms with van der Waals surface area (Å²) in [7, 11) is 0. The van der Waals surface area contributed by atoms with E-state index in [0.29, 0.717) is 65.6 Å². The van der Waals surface area contributed by atoms with Crippen LogP contribution >= 0.6 is 24.0 Å². The molecule has 0 radical (unpaired) electrons. The van der Waals surface area contributed by atoms with Crippen molar-refractivity contribution in [1.29, 1.82) is 0 Å². The Morgan fingerprint density at radius 3 is 2.41 bits per heavy atom. The predicted molar refractivity (Wildman–Crippen MR) is 169 cm³/mol. The summed E-state index contributed by atoms with van der Waals surface area (Å²) in [5.74, 6) is -0.139. The molecule has 4 heterocycles. The summed E-state index contributed by atoms with van der Waals surface area (Å²) in [6, 6.07) is 8.21. The van der Waals surface area contributed by atoms with E-state index in [9.17, 15) is 27.6 Å². The summed E-state index contributed by atoms with van der Waals surface area (Å²) in [6.07, 6.45) is -0.874. The monoisotopic (exact) mass is 680 g/mol. The van der Waals surface area contributed by atoms with Crippen LogP contribution in [0.5, 0.6) is 0 Å². The fourth-order valence-electron chi connectivity index (χ4n) is 5.30. The number of alkyl halides is 3. The normalized spacial score (nSPS) is 13.9. The SMILES string of the molecule is CCCC(=O)c1cnn(-c2ccc(NC(=O)c3cn(CC(=O)N4CCN(CCC(F)(F)F)CC4)c4ccc(Cl)cc34)nn2)c1C.Cl. The second-order valence-corrected chi connectivity index (χ2v) is 11.3. The largest absolute Gasteiger partial charge is 0.390 e. The first-order valence-corrected chi connectivity index (χ1v) is 14.9. The van der Waals surface area contributed by atoms with Gasteiger partial charge in [0, 0.05) is 61.3 Å². The van der Waals surface area contributed by atoms with Gasteiger partial charge < -0.3 is 14.8 Å². The Morgan fingerprint density at radius 2 is 1.76 bits per heavy atom. The topological polar surface area (TPSA) is 118 Å². The lowest BCUT2D eigenvalue weighted by Crippen LogP contribution is -2.50. The van der Waals surface area contributed by atoms with E-state index in [1.54, 1.807) is 57.8 Å². The fourth-order valence-corrected chi connectivity index (χ4v) is 5.47. The number of carbonyl (C=O) groups excluding carboxylic acids is 3. The zero-order valence-electron chi connectivity index (χ0n) is 25.2. The Morgan fingerprint density at radius 1 is 1.02 bits per heavy atom. The average molecular weight is 682 g/mol. The Balaban J connectivity index is 0.00000480. The number of carbonyl (C=O) groups is 3. The highest BCUT2D eigenvalue weighted by molar-refractivity contribution is 6.31. The summed E-state index contributed by atoms with van der Waals surface area (Å²) in [5.41, 5.74) is 2.05. The molecule has 0 saturated carbocycles. The maximum absolute atomic E-state index is 13.4. The number of ketones is 1. The number of piperazine rings is 1. The van der Waals surface area contributed by atoms with Gasteiger partial charge in [-0.05, 0) is 43.7 Å². The molecule has 5 rings (SSSR count). The number of hydrogen-bond donors (Lipinski definition) is 1. The molecule has 1 aliphatic heterocycles. The molecule has 0 spiro atoms. The van der Waals surface area contributed by atoms with E-state index in [-0.39, 0.29) is 48.6 Å². The third-order valence-corrected chi connectivity index (χ3v) is 7.96. The van der Waals surface area contributed by atoms with Crippen LogP contribution in [0.4, 0.5) is 19.0 Å². The van der Waals surface area contributed by atoms with Crippen LogP contribution in [0.25, 0.3) is 16.7 Å². The molecule has 16 heteroatoms. The van der Waals surface area contributed by atoms with Gasteiger partial charge in [0.25, 0.3) is 5.91 Å². The molecule has 1 N–H and O–H groups in total. The minimum atomic E-state index is -4.22. The number of halogens is 5. The minimum absolute atomic E-state index is 0. The van der Waals surface area contributed by atoms with E-state index in [1.165, 1.54) is 10.9 Å². The molecule has 11 nitrogen and oxygen atoms in total. The Bertz CT molecular complexity index is 1710. The highest BCUT2D eigenvalue weighted by atomic mass is 35.5. The summed E-state index contributed by atoms with van der Waals surface area (Å²) < 4.78 is 40.9. The van der Waals surface area contributed by atoms with Gasteiger partial charge in [0.2, 0.25) is 5.91 Å². The van der Waals surface area contributed by atoms with E-state index in [0.717, 1.165) is 6.42 Å². The second-order valence-electron chi connectivity index (χ2n) is 10.9. The third kappa shape index (κ3) is 8.03. The van der Waals surface area contributed by atoms with Crippen molar-refractivity contribution >= 4 is 58.3 Å². The minimum Gasteiger partial charge on any atom is -0.339 e. The second kappa shape index (κ2) is 14.6. The molecule has 2 amide bonds. The first-order valence-electron chi connectivity index (χ1n) is 14.5. The van der Waals surface area contributed by atoms with Crippen molar-refractivity contribution in [2.45, 2.75) is 45.8 Å². The number of benzene rings is 1. The zero-order chi connectivity index (χ0) is 32.3. The van der Waals surface area contributed by atoms with Crippen LogP contribution in [-0.4, -0.2) is 90.8 Å². The van der Waals surface area contributed by atoms with Gasteiger partial charge in [0.15, 0.2) is 17.4 Å². The van der Waals surface area contributed by atoms with Gasteiger partial charge in [-0.15, -0.1) is 22.6 Å². The van der Waals surface area contributed by atoms with E-state index in [2.05, 4.69) is 20.6 Å². The van der Waals surface area contributed by atoms with Gasteiger partial charge in [-0.25, -0.2) is 4.68 Å². The number of nitrogens with one attached hydrogen (secondary N) is 1. The van der Waals surface area contributed by atoms with Crippen LogP contribution in [-0.2, 0) is 11.3 Å². The summed E-state index contributed by atoms with van der Waals surface area (Å²) in [6.45, 7) is 4.90. The molecule has 0 bridgehead atoms. The molecule has 1 aromatic carbocycles. The van der Waals surface area contributed by atoms with Gasteiger partial charge in [0.05, 0.1) is 29.4 Å². The van der Waals surface area contributed by atoms with E-state index in [4.69, 9.17) is 11.6 Å². The summed E-state index contributed by atoms with van der Waals surface area (Å²) in [5, 5.41) is 16.2. The highest BCUT2D eigenvalue weighted by Gasteiger charge is 2.29. The van der Waals surface area contributed by atoms with Crippen molar-refractivity contribution in [1.82, 2.24) is 34.3 Å². The van der Waals surface area contributed by atoms with Gasteiger partial charge in [-0.1, -0.05) is 18.5 Å².